The highest BCUT2D eigenvalue weighted by Gasteiger charge is 2.17. The molecule has 4 rings (SSSR count). The van der Waals surface area contributed by atoms with Crippen molar-refractivity contribution in [3.05, 3.63) is 66.0 Å². The van der Waals surface area contributed by atoms with Gasteiger partial charge in [-0.05, 0) is 30.5 Å². The Balaban J connectivity index is 1.47. The molecule has 1 aromatic heterocycles. The second kappa shape index (κ2) is 8.35. The summed E-state index contributed by atoms with van der Waals surface area (Å²) >= 11 is 0. The Bertz CT molecular complexity index is 951. The highest BCUT2D eigenvalue weighted by atomic mass is 16.1. The third-order valence-electron chi connectivity index (χ3n) is 5.15. The summed E-state index contributed by atoms with van der Waals surface area (Å²) in [6.45, 7) is 0.945. The average Bonchev–Trinajstić information content (AvgIpc) is 2.97. The zero-order valence-electron chi connectivity index (χ0n) is 15.8. The van der Waals surface area contributed by atoms with Crippen LogP contribution < -0.4 is 11.1 Å². The molecule has 1 aliphatic rings. The van der Waals surface area contributed by atoms with Crippen molar-refractivity contribution in [3.63, 3.8) is 0 Å². The second-order valence-corrected chi connectivity index (χ2v) is 7.25. The monoisotopic (exact) mass is 375 g/mol. The quantitative estimate of drug-likeness (QED) is 0.712. The van der Waals surface area contributed by atoms with E-state index in [1.54, 1.807) is 0 Å². The number of nitrogens with one attached hydrogen (secondary N) is 1. The largest absolute Gasteiger partial charge is 0.326 e. The Morgan fingerprint density at radius 3 is 2.79 bits per heavy atom. The van der Waals surface area contributed by atoms with E-state index in [4.69, 9.17) is 5.73 Å². The maximum Gasteiger partial charge on any atom is 0.226 e. The van der Waals surface area contributed by atoms with E-state index in [-0.39, 0.29) is 18.4 Å². The van der Waals surface area contributed by atoms with Crippen LogP contribution in [-0.4, -0.2) is 20.7 Å². The summed E-state index contributed by atoms with van der Waals surface area (Å²) in [6.07, 6.45) is 4.73. The Hall–Kier alpha value is -2.99. The SMILES string of the molecule is NC(CC(=O)Nc1cccc(-c2nnc3n2CCCCC3)c1)c1ccccc1. The molecule has 3 N–H and O–H groups in total. The van der Waals surface area contributed by atoms with Crippen LogP contribution in [0.3, 0.4) is 0 Å². The van der Waals surface area contributed by atoms with Crippen molar-refractivity contribution >= 4 is 11.6 Å². The Kier molecular flexibility index (Phi) is 5.48. The van der Waals surface area contributed by atoms with Gasteiger partial charge >= 0.3 is 0 Å². The average molecular weight is 375 g/mol. The van der Waals surface area contributed by atoms with Gasteiger partial charge in [-0.15, -0.1) is 10.2 Å². The number of nitrogens with two attached hydrogens (primary N) is 1. The lowest BCUT2D eigenvalue weighted by Gasteiger charge is -2.13. The summed E-state index contributed by atoms with van der Waals surface area (Å²) in [4.78, 5) is 12.4. The van der Waals surface area contributed by atoms with Crippen molar-refractivity contribution in [1.82, 2.24) is 14.8 Å². The van der Waals surface area contributed by atoms with Gasteiger partial charge in [-0.3, -0.25) is 4.79 Å². The minimum Gasteiger partial charge on any atom is -0.326 e. The standard InChI is InChI=1S/C22H25N5O/c23-19(16-8-3-1-4-9-16)15-21(28)24-18-11-7-10-17(14-18)22-26-25-20-12-5-2-6-13-27(20)22/h1,3-4,7-11,14,19H,2,5-6,12-13,15,23H2,(H,24,28). The number of fused-ring (bicyclic) bond motifs is 1. The first-order valence-electron chi connectivity index (χ1n) is 9.83. The summed E-state index contributed by atoms with van der Waals surface area (Å²) in [6, 6.07) is 17.1. The lowest BCUT2D eigenvalue weighted by molar-refractivity contribution is -0.116. The fraction of sp³-hybridized carbons (Fsp3) is 0.318. The van der Waals surface area contributed by atoms with Crippen LogP contribution in [0, 0.1) is 0 Å². The highest BCUT2D eigenvalue weighted by molar-refractivity contribution is 5.91. The van der Waals surface area contributed by atoms with Crippen LogP contribution in [0.4, 0.5) is 5.69 Å². The molecule has 0 bridgehead atoms. The summed E-state index contributed by atoms with van der Waals surface area (Å²) < 4.78 is 2.21. The predicted octanol–water partition coefficient (Wildman–Crippen LogP) is 3.70. The molecule has 6 heteroatoms. The van der Waals surface area contributed by atoms with Crippen molar-refractivity contribution < 1.29 is 4.79 Å². The van der Waals surface area contributed by atoms with Crippen LogP contribution in [0.25, 0.3) is 11.4 Å². The molecule has 6 nitrogen and oxygen atoms in total. The van der Waals surface area contributed by atoms with E-state index in [1.165, 1.54) is 6.42 Å². The summed E-state index contributed by atoms with van der Waals surface area (Å²) in [5.41, 5.74) is 8.83. The van der Waals surface area contributed by atoms with Gasteiger partial charge in [0.2, 0.25) is 5.91 Å². The molecule has 3 aromatic rings. The molecule has 0 saturated heterocycles. The topological polar surface area (TPSA) is 85.8 Å². The maximum atomic E-state index is 12.4. The van der Waals surface area contributed by atoms with Crippen LogP contribution in [0.2, 0.25) is 0 Å². The molecule has 2 aromatic carbocycles. The number of carbonyl (C=O) groups excluding carboxylic acids is 1. The number of hydrogen-bond donors (Lipinski definition) is 2. The number of amides is 1. The van der Waals surface area contributed by atoms with E-state index in [1.807, 2.05) is 54.6 Å². The molecule has 28 heavy (non-hydrogen) atoms. The summed E-state index contributed by atoms with van der Waals surface area (Å²) in [5, 5.41) is 11.7. The number of nitrogens with zero attached hydrogens (tertiary/aromatic N) is 3. The third kappa shape index (κ3) is 4.12. The van der Waals surface area contributed by atoms with Crippen LogP contribution in [0.15, 0.2) is 54.6 Å². The van der Waals surface area contributed by atoms with Gasteiger partial charge in [0.05, 0.1) is 0 Å². The predicted molar refractivity (Wildman–Crippen MR) is 110 cm³/mol. The normalized spacial score (nSPS) is 14.8. The van der Waals surface area contributed by atoms with Crippen molar-refractivity contribution in [3.8, 4) is 11.4 Å². The van der Waals surface area contributed by atoms with E-state index in [9.17, 15) is 4.79 Å². The first-order chi connectivity index (χ1) is 13.7. The molecule has 144 valence electrons. The fourth-order valence-corrected chi connectivity index (χ4v) is 3.66. The number of hydrogen-bond acceptors (Lipinski definition) is 4. The number of rotatable bonds is 5. The first-order valence-corrected chi connectivity index (χ1v) is 9.83. The molecule has 0 spiro atoms. The molecule has 1 amide bonds. The van der Waals surface area contributed by atoms with Crippen LogP contribution in [0.5, 0.6) is 0 Å². The molecule has 1 atom stereocenters. The molecule has 1 unspecified atom stereocenters. The van der Waals surface area contributed by atoms with Gasteiger partial charge < -0.3 is 15.6 Å². The molecule has 0 fully saturated rings. The van der Waals surface area contributed by atoms with Gasteiger partial charge in [0.25, 0.3) is 0 Å². The van der Waals surface area contributed by atoms with Crippen molar-refractivity contribution in [1.29, 1.82) is 0 Å². The van der Waals surface area contributed by atoms with E-state index in [2.05, 4.69) is 20.1 Å². The smallest absolute Gasteiger partial charge is 0.226 e. The van der Waals surface area contributed by atoms with Crippen molar-refractivity contribution in [2.75, 3.05) is 5.32 Å². The lowest BCUT2D eigenvalue weighted by Crippen LogP contribution is -2.20. The molecule has 1 aliphatic heterocycles. The lowest BCUT2D eigenvalue weighted by atomic mass is 10.0. The summed E-state index contributed by atoms with van der Waals surface area (Å²) in [5.74, 6) is 1.82. The van der Waals surface area contributed by atoms with Gasteiger partial charge in [-0.1, -0.05) is 48.9 Å². The molecule has 2 heterocycles. The van der Waals surface area contributed by atoms with Gasteiger partial charge in [-0.2, -0.15) is 0 Å². The minimum absolute atomic E-state index is 0.103. The second-order valence-electron chi connectivity index (χ2n) is 7.25. The molecule has 0 saturated carbocycles. The molecular formula is C22H25N5O. The van der Waals surface area contributed by atoms with E-state index in [0.29, 0.717) is 0 Å². The maximum absolute atomic E-state index is 12.4. The Morgan fingerprint density at radius 2 is 1.93 bits per heavy atom. The van der Waals surface area contributed by atoms with Crippen LogP contribution >= 0.6 is 0 Å². The highest BCUT2D eigenvalue weighted by Crippen LogP contribution is 2.25. The number of anilines is 1. The van der Waals surface area contributed by atoms with Gasteiger partial charge in [-0.25, -0.2) is 0 Å². The minimum atomic E-state index is -0.323. The number of aromatic nitrogens is 3. The zero-order valence-corrected chi connectivity index (χ0v) is 15.8. The van der Waals surface area contributed by atoms with Crippen molar-refractivity contribution in [2.45, 2.75) is 44.7 Å². The van der Waals surface area contributed by atoms with Crippen molar-refractivity contribution in [2.24, 2.45) is 5.73 Å². The number of benzene rings is 2. The first kappa shape index (κ1) is 18.4. The van der Waals surface area contributed by atoms with Crippen LogP contribution in [-0.2, 0) is 17.8 Å². The molecular weight excluding hydrogens is 350 g/mol. The molecule has 0 aliphatic carbocycles. The number of aryl methyl sites for hydroxylation is 1. The van der Waals surface area contributed by atoms with Crippen LogP contribution in [0.1, 0.15) is 43.1 Å². The van der Waals surface area contributed by atoms with E-state index in [0.717, 1.165) is 54.3 Å². The Labute approximate surface area is 164 Å². The van der Waals surface area contributed by atoms with Gasteiger partial charge in [0.15, 0.2) is 5.82 Å². The van der Waals surface area contributed by atoms with E-state index < -0.39 is 0 Å². The third-order valence-corrected chi connectivity index (χ3v) is 5.15. The van der Waals surface area contributed by atoms with Gasteiger partial charge in [0, 0.05) is 36.7 Å². The molecule has 0 radical (unpaired) electrons. The Morgan fingerprint density at radius 1 is 1.07 bits per heavy atom. The fourth-order valence-electron chi connectivity index (χ4n) is 3.66. The summed E-state index contributed by atoms with van der Waals surface area (Å²) in [7, 11) is 0. The van der Waals surface area contributed by atoms with Gasteiger partial charge in [0.1, 0.15) is 5.82 Å². The zero-order chi connectivity index (χ0) is 19.3. The number of carbonyl (C=O) groups is 1. The van der Waals surface area contributed by atoms with E-state index >= 15 is 0 Å².